The van der Waals surface area contributed by atoms with Crippen molar-refractivity contribution in [3.63, 3.8) is 0 Å². The van der Waals surface area contributed by atoms with Gasteiger partial charge in [-0.1, -0.05) is 0 Å². The molecule has 1 aliphatic heterocycles. The lowest BCUT2D eigenvalue weighted by Gasteiger charge is -2.30. The minimum Gasteiger partial charge on any atom is -0.506 e. The molecule has 1 aliphatic carbocycles. The van der Waals surface area contributed by atoms with E-state index in [-0.39, 0.29) is 42.3 Å². The second-order valence-electron chi connectivity index (χ2n) is 8.11. The summed E-state index contributed by atoms with van der Waals surface area (Å²) in [5.41, 5.74) is -0.479. The third-order valence-electron chi connectivity index (χ3n) is 5.59. The van der Waals surface area contributed by atoms with Gasteiger partial charge in [0.1, 0.15) is 42.2 Å². The van der Waals surface area contributed by atoms with Crippen LogP contribution in [0, 0.1) is 0 Å². The Balaban J connectivity index is 1.70. The molecule has 2 aromatic carbocycles. The van der Waals surface area contributed by atoms with E-state index in [2.05, 4.69) is 0 Å². The van der Waals surface area contributed by atoms with Gasteiger partial charge in [0.15, 0.2) is 12.1 Å². The average molecular weight is 420 g/mol. The molecule has 0 amide bonds. The molecule has 2 aromatic rings. The van der Waals surface area contributed by atoms with E-state index in [0.29, 0.717) is 22.1 Å². The highest BCUT2D eigenvalue weighted by molar-refractivity contribution is 6.09. The standard InChI is InChI=1S/C21H24O9/c1-21(27)6-10-3-9-4-11(29-8-14-17(23)19(25)20(26)30-14)5-13(28-2)16(9)18(24)15(10)12(22)7-21/h3-5,14,17,19-20,23-27H,6-8H2,1-2H3/t14-,17-,19-,20+,21-/m0/s1. The van der Waals surface area contributed by atoms with Crippen molar-refractivity contribution in [1.82, 2.24) is 0 Å². The van der Waals surface area contributed by atoms with Crippen LogP contribution in [-0.4, -0.2) is 75.2 Å². The molecule has 0 unspecified atom stereocenters. The van der Waals surface area contributed by atoms with Gasteiger partial charge in [-0.15, -0.1) is 0 Å². The molecule has 0 saturated carbocycles. The Labute approximate surface area is 172 Å². The number of carbonyl (C=O) groups excluding carboxylic acids is 1. The zero-order chi connectivity index (χ0) is 21.8. The maximum atomic E-state index is 12.5. The number of aromatic hydroxyl groups is 1. The van der Waals surface area contributed by atoms with E-state index >= 15 is 0 Å². The van der Waals surface area contributed by atoms with E-state index in [1.165, 1.54) is 13.2 Å². The summed E-state index contributed by atoms with van der Waals surface area (Å²) < 4.78 is 16.1. The Hall–Kier alpha value is -2.43. The predicted octanol–water partition coefficient (Wildman–Crippen LogP) is 0.252. The first-order chi connectivity index (χ1) is 14.1. The van der Waals surface area contributed by atoms with Crippen molar-refractivity contribution in [3.05, 3.63) is 29.3 Å². The number of phenolic OH excluding ortho intramolecular Hbond substituents is 1. The maximum absolute atomic E-state index is 12.5. The molecule has 30 heavy (non-hydrogen) atoms. The summed E-state index contributed by atoms with van der Waals surface area (Å²) in [4.78, 5) is 12.5. The zero-order valence-corrected chi connectivity index (χ0v) is 16.5. The van der Waals surface area contributed by atoms with Crippen LogP contribution in [0.2, 0.25) is 0 Å². The molecule has 9 nitrogen and oxygen atoms in total. The van der Waals surface area contributed by atoms with Crippen molar-refractivity contribution in [2.75, 3.05) is 13.7 Å². The first kappa shape index (κ1) is 20.8. The number of benzene rings is 2. The fourth-order valence-corrected chi connectivity index (χ4v) is 4.16. The molecule has 4 rings (SSSR count). The van der Waals surface area contributed by atoms with Crippen molar-refractivity contribution < 1.29 is 44.5 Å². The SMILES string of the molecule is COc1cc(OC[C@@H]2O[C@@H](O)[C@@H](O)[C@H]2O)cc2cc3c(c(O)c12)C(=O)C[C@@](C)(O)C3. The van der Waals surface area contributed by atoms with Gasteiger partial charge < -0.3 is 39.7 Å². The quantitative estimate of drug-likeness (QED) is 0.470. The summed E-state index contributed by atoms with van der Waals surface area (Å²) in [6.07, 6.45) is -5.01. The van der Waals surface area contributed by atoms with Crippen LogP contribution in [0.15, 0.2) is 18.2 Å². The Morgan fingerprint density at radius 1 is 1.17 bits per heavy atom. The maximum Gasteiger partial charge on any atom is 0.184 e. The second-order valence-corrected chi connectivity index (χ2v) is 8.11. The van der Waals surface area contributed by atoms with E-state index in [0.717, 1.165) is 0 Å². The Morgan fingerprint density at radius 3 is 2.53 bits per heavy atom. The van der Waals surface area contributed by atoms with Gasteiger partial charge in [-0.05, 0) is 30.0 Å². The molecule has 1 saturated heterocycles. The van der Waals surface area contributed by atoms with Crippen LogP contribution in [-0.2, 0) is 11.2 Å². The fraction of sp³-hybridized carbons (Fsp3) is 0.476. The molecule has 0 spiro atoms. The van der Waals surface area contributed by atoms with E-state index in [4.69, 9.17) is 14.2 Å². The molecule has 5 N–H and O–H groups in total. The molecular formula is C21H24O9. The molecule has 1 fully saturated rings. The molecule has 9 heteroatoms. The largest absolute Gasteiger partial charge is 0.506 e. The molecule has 162 valence electrons. The van der Waals surface area contributed by atoms with Crippen LogP contribution in [0.1, 0.15) is 29.3 Å². The van der Waals surface area contributed by atoms with E-state index in [9.17, 15) is 30.3 Å². The highest BCUT2D eigenvalue weighted by atomic mass is 16.7. The normalized spacial score (nSPS) is 31.1. The number of methoxy groups -OCH3 is 1. The third kappa shape index (κ3) is 3.48. The average Bonchev–Trinajstić information content (AvgIpc) is 2.90. The number of hydrogen-bond donors (Lipinski definition) is 5. The minimum atomic E-state index is -1.49. The molecule has 1 heterocycles. The number of rotatable bonds is 4. The molecular weight excluding hydrogens is 396 g/mol. The van der Waals surface area contributed by atoms with Gasteiger partial charge in [-0.2, -0.15) is 0 Å². The Morgan fingerprint density at radius 2 is 1.90 bits per heavy atom. The van der Waals surface area contributed by atoms with Gasteiger partial charge in [0.2, 0.25) is 0 Å². The lowest BCUT2D eigenvalue weighted by atomic mass is 9.79. The Bertz CT molecular complexity index is 1000. The number of ketones is 1. The van der Waals surface area contributed by atoms with Crippen LogP contribution < -0.4 is 9.47 Å². The monoisotopic (exact) mass is 420 g/mol. The first-order valence-corrected chi connectivity index (χ1v) is 9.56. The van der Waals surface area contributed by atoms with Crippen LogP contribution in [0.5, 0.6) is 17.2 Å². The highest BCUT2D eigenvalue weighted by Crippen LogP contribution is 2.44. The summed E-state index contributed by atoms with van der Waals surface area (Å²) in [6, 6.07) is 4.85. The van der Waals surface area contributed by atoms with Gasteiger partial charge in [0.25, 0.3) is 0 Å². The fourth-order valence-electron chi connectivity index (χ4n) is 4.16. The lowest BCUT2D eigenvalue weighted by molar-refractivity contribution is -0.131. The summed E-state index contributed by atoms with van der Waals surface area (Å²) in [5.74, 6) is 0.0693. The number of Topliss-reactive ketones (excluding diaryl/α,β-unsaturated/α-hetero) is 1. The highest BCUT2D eigenvalue weighted by Gasteiger charge is 2.42. The second kappa shape index (κ2) is 7.36. The topological polar surface area (TPSA) is 146 Å². The minimum absolute atomic E-state index is 0.0794. The molecule has 0 bridgehead atoms. The van der Waals surface area contributed by atoms with E-state index in [1.54, 1.807) is 19.1 Å². The van der Waals surface area contributed by atoms with E-state index < -0.39 is 30.2 Å². The zero-order valence-electron chi connectivity index (χ0n) is 16.5. The summed E-state index contributed by atoms with van der Waals surface area (Å²) in [6.45, 7) is 1.43. The van der Waals surface area contributed by atoms with Crippen molar-refractivity contribution in [1.29, 1.82) is 0 Å². The predicted molar refractivity (Wildman–Crippen MR) is 104 cm³/mol. The molecule has 0 radical (unpaired) electrons. The number of phenols is 1. The number of carbonyl (C=O) groups is 1. The van der Waals surface area contributed by atoms with Crippen LogP contribution in [0.4, 0.5) is 0 Å². The van der Waals surface area contributed by atoms with Crippen molar-refractivity contribution in [3.8, 4) is 17.2 Å². The van der Waals surface area contributed by atoms with Crippen molar-refractivity contribution in [2.45, 2.75) is 50.0 Å². The van der Waals surface area contributed by atoms with Crippen LogP contribution >= 0.6 is 0 Å². The number of ether oxygens (including phenoxy) is 3. The number of hydrogen-bond acceptors (Lipinski definition) is 9. The number of fused-ring (bicyclic) bond motifs is 2. The summed E-state index contributed by atoms with van der Waals surface area (Å²) >= 11 is 0. The van der Waals surface area contributed by atoms with Crippen LogP contribution in [0.3, 0.4) is 0 Å². The smallest absolute Gasteiger partial charge is 0.184 e. The van der Waals surface area contributed by atoms with Gasteiger partial charge in [-0.25, -0.2) is 0 Å². The lowest BCUT2D eigenvalue weighted by Crippen LogP contribution is -2.35. The van der Waals surface area contributed by atoms with Crippen molar-refractivity contribution in [2.24, 2.45) is 0 Å². The molecule has 5 atom stereocenters. The summed E-state index contributed by atoms with van der Waals surface area (Å²) in [7, 11) is 1.42. The van der Waals surface area contributed by atoms with Gasteiger partial charge in [0.05, 0.1) is 23.7 Å². The Kier molecular flexibility index (Phi) is 5.11. The number of aliphatic hydroxyl groups excluding tert-OH is 3. The van der Waals surface area contributed by atoms with Crippen molar-refractivity contribution >= 4 is 16.6 Å². The first-order valence-electron chi connectivity index (χ1n) is 9.56. The number of aliphatic hydroxyl groups is 4. The molecule has 2 aliphatic rings. The van der Waals surface area contributed by atoms with Gasteiger partial charge in [-0.3, -0.25) is 4.79 Å². The van der Waals surface area contributed by atoms with E-state index in [1.807, 2.05) is 0 Å². The van der Waals surface area contributed by atoms with Gasteiger partial charge >= 0.3 is 0 Å². The van der Waals surface area contributed by atoms with Crippen LogP contribution in [0.25, 0.3) is 10.8 Å². The molecule has 0 aromatic heterocycles. The van der Waals surface area contributed by atoms with Gasteiger partial charge in [0, 0.05) is 18.9 Å². The third-order valence-corrected chi connectivity index (χ3v) is 5.59. The summed E-state index contributed by atoms with van der Waals surface area (Å²) in [5, 5.41) is 51.0.